The van der Waals surface area contributed by atoms with Gasteiger partial charge in [-0.2, -0.15) is 4.37 Å². The summed E-state index contributed by atoms with van der Waals surface area (Å²) in [5.74, 6) is 0.828. The van der Waals surface area contributed by atoms with E-state index in [0.29, 0.717) is 4.73 Å². The van der Waals surface area contributed by atoms with Crippen molar-refractivity contribution in [1.82, 2.24) is 9.36 Å². The van der Waals surface area contributed by atoms with E-state index in [1.165, 1.54) is 11.5 Å². The Kier molecular flexibility index (Phi) is 2.79. The zero-order valence-electron chi connectivity index (χ0n) is 7.40. The van der Waals surface area contributed by atoms with Gasteiger partial charge in [-0.05, 0) is 39.6 Å². The van der Waals surface area contributed by atoms with Gasteiger partial charge in [0.05, 0.1) is 7.11 Å². The van der Waals surface area contributed by atoms with E-state index >= 15 is 0 Å². The van der Waals surface area contributed by atoms with Crippen LogP contribution in [-0.2, 0) is 0 Å². The molecule has 0 radical (unpaired) electrons. The maximum absolute atomic E-state index is 5.13. The normalized spacial score (nSPS) is 10.1. The number of ether oxygens (including phenoxy) is 1. The van der Waals surface area contributed by atoms with Crippen LogP contribution in [0.2, 0.25) is 0 Å². The highest BCUT2D eigenvalue weighted by atomic mass is 79.9. The van der Waals surface area contributed by atoms with Crippen LogP contribution in [0.25, 0.3) is 10.6 Å². The Bertz CT molecular complexity index is 444. The van der Waals surface area contributed by atoms with E-state index < -0.39 is 0 Å². The number of hydrogen-bond donors (Lipinski definition) is 0. The topological polar surface area (TPSA) is 35.0 Å². The second-order valence-corrected chi connectivity index (χ2v) is 4.06. The second-order valence-electron chi connectivity index (χ2n) is 2.60. The van der Waals surface area contributed by atoms with Gasteiger partial charge in [0, 0.05) is 5.56 Å². The average molecular weight is 271 g/mol. The van der Waals surface area contributed by atoms with Crippen LogP contribution < -0.4 is 4.74 Å². The molecule has 0 unspecified atom stereocenters. The summed E-state index contributed by atoms with van der Waals surface area (Å²) in [4.78, 5) is 4.22. The van der Waals surface area contributed by atoms with Gasteiger partial charge in [-0.15, -0.1) is 0 Å². The van der Waals surface area contributed by atoms with Crippen molar-refractivity contribution < 1.29 is 4.74 Å². The number of aromatic nitrogens is 2. The summed E-state index contributed by atoms with van der Waals surface area (Å²) in [5, 5.41) is 0.885. The Morgan fingerprint density at radius 3 is 2.93 bits per heavy atom. The first-order chi connectivity index (χ1) is 6.79. The first-order valence-corrected chi connectivity index (χ1v) is 5.50. The highest BCUT2D eigenvalue weighted by Crippen LogP contribution is 2.26. The van der Waals surface area contributed by atoms with Gasteiger partial charge in [-0.3, -0.25) is 0 Å². The molecule has 0 aliphatic carbocycles. The lowest BCUT2D eigenvalue weighted by Crippen LogP contribution is -1.82. The fraction of sp³-hybridized carbons (Fsp3) is 0.111. The molecule has 0 atom stereocenters. The third-order valence-corrected chi connectivity index (χ3v) is 3.07. The first-order valence-electron chi connectivity index (χ1n) is 3.93. The van der Waals surface area contributed by atoms with Crippen LogP contribution in [0, 0.1) is 0 Å². The van der Waals surface area contributed by atoms with E-state index in [0.717, 1.165) is 16.3 Å². The van der Waals surface area contributed by atoms with E-state index in [1.807, 2.05) is 24.3 Å². The molecule has 1 aromatic heterocycles. The molecule has 1 aromatic carbocycles. The Morgan fingerprint density at radius 1 is 1.43 bits per heavy atom. The van der Waals surface area contributed by atoms with E-state index in [2.05, 4.69) is 25.3 Å². The van der Waals surface area contributed by atoms with E-state index in [-0.39, 0.29) is 0 Å². The monoisotopic (exact) mass is 270 g/mol. The van der Waals surface area contributed by atoms with Gasteiger partial charge in [-0.1, -0.05) is 12.1 Å². The molecule has 72 valence electrons. The van der Waals surface area contributed by atoms with Gasteiger partial charge in [0.1, 0.15) is 10.8 Å². The van der Waals surface area contributed by atoms with Crippen molar-refractivity contribution in [2.24, 2.45) is 0 Å². The summed E-state index contributed by atoms with van der Waals surface area (Å²) in [6, 6.07) is 7.76. The largest absolute Gasteiger partial charge is 0.497 e. The number of halogens is 1. The molecule has 0 aliphatic heterocycles. The zero-order chi connectivity index (χ0) is 9.97. The van der Waals surface area contributed by atoms with E-state index in [4.69, 9.17) is 4.74 Å². The molecule has 2 aromatic rings. The van der Waals surface area contributed by atoms with Crippen molar-refractivity contribution >= 4 is 27.5 Å². The quantitative estimate of drug-likeness (QED) is 0.842. The molecule has 14 heavy (non-hydrogen) atoms. The molecular weight excluding hydrogens is 264 g/mol. The molecule has 0 amide bonds. The fourth-order valence-electron chi connectivity index (χ4n) is 1.08. The Hall–Kier alpha value is -0.940. The highest BCUT2D eigenvalue weighted by Gasteiger charge is 2.04. The third-order valence-electron chi connectivity index (χ3n) is 1.72. The smallest absolute Gasteiger partial charge is 0.209 e. The van der Waals surface area contributed by atoms with Gasteiger partial charge in [-0.25, -0.2) is 4.98 Å². The molecular formula is C9H7BrN2OS. The maximum Gasteiger partial charge on any atom is 0.209 e. The lowest BCUT2D eigenvalue weighted by molar-refractivity contribution is 0.415. The van der Waals surface area contributed by atoms with Gasteiger partial charge >= 0.3 is 0 Å². The summed E-state index contributed by atoms with van der Waals surface area (Å²) >= 11 is 4.58. The average Bonchev–Trinajstić information content (AvgIpc) is 2.65. The van der Waals surface area contributed by atoms with E-state index in [1.54, 1.807) is 7.11 Å². The highest BCUT2D eigenvalue weighted by molar-refractivity contribution is 9.10. The van der Waals surface area contributed by atoms with Gasteiger partial charge in [0.25, 0.3) is 0 Å². The third kappa shape index (κ3) is 1.93. The molecule has 2 rings (SSSR count). The predicted molar refractivity (Wildman–Crippen MR) is 59.6 cm³/mol. The molecule has 0 fully saturated rings. The molecule has 0 saturated heterocycles. The molecule has 3 nitrogen and oxygen atoms in total. The molecule has 0 N–H and O–H groups in total. The minimum Gasteiger partial charge on any atom is -0.497 e. The first kappa shape index (κ1) is 9.61. The molecule has 1 heterocycles. The number of hydrogen-bond acceptors (Lipinski definition) is 4. The number of nitrogens with zero attached hydrogens (tertiary/aromatic N) is 2. The Labute approximate surface area is 94.1 Å². The second kappa shape index (κ2) is 4.06. The summed E-state index contributed by atoms with van der Waals surface area (Å²) < 4.78 is 9.81. The van der Waals surface area contributed by atoms with Crippen LogP contribution in [0.4, 0.5) is 0 Å². The van der Waals surface area contributed by atoms with Crippen LogP contribution in [-0.4, -0.2) is 16.5 Å². The van der Waals surface area contributed by atoms with Crippen molar-refractivity contribution in [3.05, 3.63) is 29.0 Å². The van der Waals surface area contributed by atoms with Crippen LogP contribution in [0.5, 0.6) is 5.75 Å². The minimum atomic E-state index is 0.625. The van der Waals surface area contributed by atoms with Crippen LogP contribution in [0.3, 0.4) is 0 Å². The molecule has 0 saturated carbocycles. The Morgan fingerprint density at radius 2 is 2.29 bits per heavy atom. The SMILES string of the molecule is COc1cccc(-c2nc(Br)ns2)c1. The number of benzene rings is 1. The molecule has 5 heteroatoms. The minimum absolute atomic E-state index is 0.625. The number of methoxy groups -OCH3 is 1. The summed E-state index contributed by atoms with van der Waals surface area (Å²) in [6.07, 6.45) is 0. The lowest BCUT2D eigenvalue weighted by atomic mass is 10.2. The maximum atomic E-state index is 5.13. The van der Waals surface area contributed by atoms with Crippen molar-refractivity contribution in [3.63, 3.8) is 0 Å². The van der Waals surface area contributed by atoms with Crippen molar-refractivity contribution in [2.75, 3.05) is 7.11 Å². The van der Waals surface area contributed by atoms with Gasteiger partial charge in [0.2, 0.25) is 4.73 Å². The van der Waals surface area contributed by atoms with Crippen molar-refractivity contribution in [2.45, 2.75) is 0 Å². The fourth-order valence-corrected chi connectivity index (χ4v) is 2.15. The molecule has 0 aliphatic rings. The van der Waals surface area contributed by atoms with Gasteiger partial charge < -0.3 is 4.74 Å². The standard InChI is InChI=1S/C9H7BrN2OS/c1-13-7-4-2-3-6(5-7)8-11-9(10)12-14-8/h2-5H,1H3. The molecule has 0 spiro atoms. The zero-order valence-corrected chi connectivity index (χ0v) is 9.80. The van der Waals surface area contributed by atoms with Crippen LogP contribution in [0.1, 0.15) is 0 Å². The summed E-state index contributed by atoms with van der Waals surface area (Å²) in [6.45, 7) is 0. The molecule has 0 bridgehead atoms. The summed E-state index contributed by atoms with van der Waals surface area (Å²) in [5.41, 5.74) is 1.02. The van der Waals surface area contributed by atoms with Crippen molar-refractivity contribution in [1.29, 1.82) is 0 Å². The Balaban J connectivity index is 2.41. The predicted octanol–water partition coefficient (Wildman–Crippen LogP) is 2.98. The summed E-state index contributed by atoms with van der Waals surface area (Å²) in [7, 11) is 1.65. The van der Waals surface area contributed by atoms with Gasteiger partial charge in [0.15, 0.2) is 0 Å². The van der Waals surface area contributed by atoms with E-state index in [9.17, 15) is 0 Å². The van der Waals surface area contributed by atoms with Crippen molar-refractivity contribution in [3.8, 4) is 16.3 Å². The lowest BCUT2D eigenvalue weighted by Gasteiger charge is -2.00. The number of rotatable bonds is 2. The van der Waals surface area contributed by atoms with Crippen LogP contribution >= 0.6 is 27.5 Å². The van der Waals surface area contributed by atoms with Crippen LogP contribution in [0.15, 0.2) is 29.0 Å².